The normalized spacial score (nSPS) is 28.5. The van der Waals surface area contributed by atoms with Gasteiger partial charge in [-0.1, -0.05) is 13.3 Å². The van der Waals surface area contributed by atoms with E-state index in [-0.39, 0.29) is 0 Å². The highest BCUT2D eigenvalue weighted by atomic mass is 32.1. The van der Waals surface area contributed by atoms with Gasteiger partial charge in [-0.2, -0.15) is 0 Å². The van der Waals surface area contributed by atoms with Crippen LogP contribution in [0.4, 0.5) is 0 Å². The van der Waals surface area contributed by atoms with Gasteiger partial charge in [0.2, 0.25) is 0 Å². The molecule has 0 aromatic carbocycles. The van der Waals surface area contributed by atoms with E-state index in [9.17, 15) is 5.11 Å². The molecule has 1 heterocycles. The number of aliphatic hydroxyl groups is 1. The molecule has 2 N–H and O–H groups in total. The number of nitrogens with zero attached hydrogens (tertiary/aromatic N) is 1. The van der Waals surface area contributed by atoms with E-state index >= 15 is 0 Å². The largest absolute Gasteiger partial charge is 0.389 e. The van der Waals surface area contributed by atoms with Crippen molar-refractivity contribution >= 4 is 11.3 Å². The first-order chi connectivity index (χ1) is 8.61. The number of nitrogens with one attached hydrogen (secondary N) is 1. The van der Waals surface area contributed by atoms with Crippen molar-refractivity contribution in [2.45, 2.75) is 58.1 Å². The van der Waals surface area contributed by atoms with Crippen molar-refractivity contribution in [1.82, 2.24) is 10.3 Å². The average molecular weight is 268 g/mol. The number of aromatic nitrogens is 1. The zero-order valence-corrected chi connectivity index (χ0v) is 12.2. The molecule has 2 rings (SSSR count). The fraction of sp³-hybridized carbons (Fsp3) is 0.786. The monoisotopic (exact) mass is 268 g/mol. The molecule has 0 bridgehead atoms. The predicted molar refractivity (Wildman–Crippen MR) is 75.8 cm³/mol. The second kappa shape index (κ2) is 6.13. The van der Waals surface area contributed by atoms with Crippen LogP contribution in [0.1, 0.15) is 48.9 Å². The molecule has 1 aromatic heterocycles. The smallest absolute Gasteiger partial charge is 0.0897 e. The van der Waals surface area contributed by atoms with Crippen LogP contribution in [-0.2, 0) is 6.54 Å². The summed E-state index contributed by atoms with van der Waals surface area (Å²) in [5.74, 6) is 0.828. The van der Waals surface area contributed by atoms with Gasteiger partial charge in [0.25, 0.3) is 0 Å². The maximum absolute atomic E-state index is 10.5. The van der Waals surface area contributed by atoms with Gasteiger partial charge in [-0.25, -0.2) is 4.98 Å². The molecule has 1 fully saturated rings. The number of aryl methyl sites for hydroxylation is 1. The van der Waals surface area contributed by atoms with E-state index in [2.05, 4.69) is 17.2 Å². The highest BCUT2D eigenvalue weighted by molar-refractivity contribution is 7.11. The van der Waals surface area contributed by atoms with E-state index in [0.29, 0.717) is 6.54 Å². The second-order valence-electron chi connectivity index (χ2n) is 5.53. The van der Waals surface area contributed by atoms with Gasteiger partial charge in [0, 0.05) is 24.2 Å². The Balaban J connectivity index is 1.73. The molecule has 0 atom stereocenters. The van der Waals surface area contributed by atoms with Gasteiger partial charge in [0.15, 0.2) is 0 Å². The molecule has 0 spiro atoms. The molecule has 1 aromatic rings. The summed E-state index contributed by atoms with van der Waals surface area (Å²) in [4.78, 5) is 5.48. The Hall–Kier alpha value is -0.450. The van der Waals surface area contributed by atoms with Gasteiger partial charge in [-0.15, -0.1) is 11.3 Å². The third kappa shape index (κ3) is 3.77. The molecule has 4 heteroatoms. The molecule has 1 aliphatic carbocycles. The summed E-state index contributed by atoms with van der Waals surface area (Å²) < 4.78 is 0. The van der Waals surface area contributed by atoms with Crippen LogP contribution in [-0.4, -0.2) is 22.2 Å². The number of hydrogen-bond acceptors (Lipinski definition) is 4. The summed E-state index contributed by atoms with van der Waals surface area (Å²) >= 11 is 1.72. The quantitative estimate of drug-likeness (QED) is 0.863. The molecule has 0 radical (unpaired) electrons. The number of rotatable bonds is 5. The van der Waals surface area contributed by atoms with Crippen molar-refractivity contribution in [3.05, 3.63) is 16.1 Å². The summed E-state index contributed by atoms with van der Waals surface area (Å²) in [5, 5.41) is 15.0. The van der Waals surface area contributed by atoms with Crippen molar-refractivity contribution in [2.75, 3.05) is 6.54 Å². The SMILES string of the molecule is CCC1CCC(O)(CNCc2cnc(C)s2)CC1. The van der Waals surface area contributed by atoms with Gasteiger partial charge in [-0.05, 0) is 38.5 Å². The van der Waals surface area contributed by atoms with Crippen LogP contribution in [0.15, 0.2) is 6.20 Å². The molecule has 0 amide bonds. The van der Waals surface area contributed by atoms with E-state index < -0.39 is 5.60 Å². The van der Waals surface area contributed by atoms with E-state index in [4.69, 9.17) is 0 Å². The standard InChI is InChI=1S/C14H24N2OS/c1-3-12-4-6-14(17,7-5-12)10-15-8-13-9-16-11(2)18-13/h9,12,15,17H,3-8,10H2,1-2H3. The van der Waals surface area contributed by atoms with E-state index in [0.717, 1.165) is 30.3 Å². The van der Waals surface area contributed by atoms with Crippen LogP contribution < -0.4 is 5.32 Å². The second-order valence-corrected chi connectivity index (χ2v) is 6.84. The van der Waals surface area contributed by atoms with E-state index in [1.807, 2.05) is 13.1 Å². The molecular weight excluding hydrogens is 244 g/mol. The van der Waals surface area contributed by atoms with Gasteiger partial charge in [0.05, 0.1) is 10.6 Å². The summed E-state index contributed by atoms with van der Waals surface area (Å²) in [6.45, 7) is 5.80. The lowest BCUT2D eigenvalue weighted by molar-refractivity contribution is -0.00876. The minimum absolute atomic E-state index is 0.481. The Bertz CT molecular complexity index is 370. The lowest BCUT2D eigenvalue weighted by Crippen LogP contribution is -2.43. The third-order valence-electron chi connectivity index (χ3n) is 4.04. The van der Waals surface area contributed by atoms with Crippen LogP contribution in [0.3, 0.4) is 0 Å². The Labute approximate surface area is 114 Å². The van der Waals surface area contributed by atoms with Gasteiger partial charge >= 0.3 is 0 Å². The van der Waals surface area contributed by atoms with E-state index in [1.54, 1.807) is 11.3 Å². The molecular formula is C14H24N2OS. The predicted octanol–water partition coefficient (Wildman–Crippen LogP) is 2.87. The first-order valence-electron chi connectivity index (χ1n) is 6.96. The lowest BCUT2D eigenvalue weighted by Gasteiger charge is -2.36. The Kier molecular flexibility index (Phi) is 4.76. The highest BCUT2D eigenvalue weighted by Crippen LogP contribution is 2.33. The summed E-state index contributed by atoms with van der Waals surface area (Å²) in [6, 6.07) is 0. The summed E-state index contributed by atoms with van der Waals surface area (Å²) in [6.07, 6.45) is 7.41. The fourth-order valence-corrected chi connectivity index (χ4v) is 3.47. The average Bonchev–Trinajstić information content (AvgIpc) is 2.76. The maximum Gasteiger partial charge on any atom is 0.0897 e. The molecule has 1 saturated carbocycles. The molecule has 1 aliphatic rings. The minimum Gasteiger partial charge on any atom is -0.389 e. The van der Waals surface area contributed by atoms with Crippen LogP contribution >= 0.6 is 11.3 Å². The molecule has 3 nitrogen and oxygen atoms in total. The Morgan fingerprint density at radius 1 is 1.50 bits per heavy atom. The number of hydrogen-bond donors (Lipinski definition) is 2. The lowest BCUT2D eigenvalue weighted by atomic mass is 9.78. The molecule has 0 saturated heterocycles. The zero-order valence-electron chi connectivity index (χ0n) is 11.4. The van der Waals surface area contributed by atoms with Crippen LogP contribution in [0, 0.1) is 12.8 Å². The first kappa shape index (κ1) is 14.0. The van der Waals surface area contributed by atoms with Gasteiger partial charge in [0.1, 0.15) is 0 Å². The molecule has 0 aliphatic heterocycles. The third-order valence-corrected chi connectivity index (χ3v) is 4.95. The van der Waals surface area contributed by atoms with Crippen LogP contribution in [0.25, 0.3) is 0 Å². The fourth-order valence-electron chi connectivity index (χ4n) is 2.71. The summed E-state index contributed by atoms with van der Waals surface area (Å²) in [7, 11) is 0. The Morgan fingerprint density at radius 3 is 2.78 bits per heavy atom. The van der Waals surface area contributed by atoms with Gasteiger partial charge < -0.3 is 10.4 Å². The Morgan fingerprint density at radius 2 is 2.22 bits per heavy atom. The van der Waals surface area contributed by atoms with Crippen molar-refractivity contribution in [3.63, 3.8) is 0 Å². The van der Waals surface area contributed by atoms with Crippen molar-refractivity contribution < 1.29 is 5.11 Å². The van der Waals surface area contributed by atoms with E-state index in [1.165, 1.54) is 24.1 Å². The summed E-state index contributed by atoms with van der Waals surface area (Å²) in [5.41, 5.74) is -0.481. The topological polar surface area (TPSA) is 45.1 Å². The zero-order chi connectivity index (χ0) is 13.0. The van der Waals surface area contributed by atoms with Crippen molar-refractivity contribution in [3.8, 4) is 0 Å². The molecule has 102 valence electrons. The minimum atomic E-state index is -0.481. The first-order valence-corrected chi connectivity index (χ1v) is 7.77. The number of thiazole rings is 1. The van der Waals surface area contributed by atoms with Crippen LogP contribution in [0.2, 0.25) is 0 Å². The van der Waals surface area contributed by atoms with Crippen molar-refractivity contribution in [2.24, 2.45) is 5.92 Å². The van der Waals surface area contributed by atoms with Gasteiger partial charge in [-0.3, -0.25) is 0 Å². The van der Waals surface area contributed by atoms with Crippen molar-refractivity contribution in [1.29, 1.82) is 0 Å². The molecule has 0 unspecified atom stereocenters. The van der Waals surface area contributed by atoms with Crippen LogP contribution in [0.5, 0.6) is 0 Å². The highest BCUT2D eigenvalue weighted by Gasteiger charge is 2.32. The maximum atomic E-state index is 10.5. The molecule has 18 heavy (non-hydrogen) atoms.